The molecule has 1 rings (SSSR count). The molecule has 0 saturated heterocycles. The second-order valence-electron chi connectivity index (χ2n) is 3.28. The smallest absolute Gasteiger partial charge is 0.405 e. The molecule has 0 aliphatic rings. The van der Waals surface area contributed by atoms with Gasteiger partial charge in [0.15, 0.2) is 5.69 Å². The number of aliphatic hydroxyl groups excluding tert-OH is 1. The molecule has 1 aromatic rings. The van der Waals surface area contributed by atoms with E-state index in [9.17, 15) is 26.3 Å². The van der Waals surface area contributed by atoms with E-state index in [4.69, 9.17) is 16.7 Å². The van der Waals surface area contributed by atoms with E-state index in [1.807, 2.05) is 0 Å². The number of nitrogens with zero attached hydrogens (tertiary/aromatic N) is 1. The van der Waals surface area contributed by atoms with Gasteiger partial charge in [-0.05, 0) is 0 Å². The van der Waals surface area contributed by atoms with E-state index in [-0.39, 0.29) is 0 Å². The van der Waals surface area contributed by atoms with Gasteiger partial charge in [-0.3, -0.25) is 0 Å². The highest BCUT2D eigenvalue weighted by Crippen LogP contribution is 2.37. The molecule has 19 heavy (non-hydrogen) atoms. The highest BCUT2D eigenvalue weighted by atomic mass is 35.5. The van der Waals surface area contributed by atoms with Gasteiger partial charge in [-0.25, -0.2) is 4.98 Å². The lowest BCUT2D eigenvalue weighted by atomic mass is 10.1. The largest absolute Gasteiger partial charge is 0.573 e. The van der Waals surface area contributed by atoms with Gasteiger partial charge in [0.2, 0.25) is 0 Å². The van der Waals surface area contributed by atoms with E-state index in [1.165, 1.54) is 0 Å². The summed E-state index contributed by atoms with van der Waals surface area (Å²) in [5.41, 5.74) is -3.21. The SMILES string of the molecule is OCc1c(OC(F)(F)F)cc(CCl)nc1C(F)(F)F. The lowest BCUT2D eigenvalue weighted by molar-refractivity contribution is -0.275. The lowest BCUT2D eigenvalue weighted by Crippen LogP contribution is -2.21. The van der Waals surface area contributed by atoms with Crippen LogP contribution in [-0.4, -0.2) is 16.5 Å². The fourth-order valence-electron chi connectivity index (χ4n) is 1.27. The van der Waals surface area contributed by atoms with Crippen molar-refractivity contribution in [3.8, 4) is 5.75 Å². The van der Waals surface area contributed by atoms with Crippen molar-refractivity contribution in [1.29, 1.82) is 0 Å². The Morgan fingerprint density at radius 2 is 1.79 bits per heavy atom. The fourth-order valence-corrected chi connectivity index (χ4v) is 1.41. The van der Waals surface area contributed by atoms with Gasteiger partial charge < -0.3 is 9.84 Å². The second-order valence-corrected chi connectivity index (χ2v) is 3.54. The number of hydrogen-bond acceptors (Lipinski definition) is 3. The van der Waals surface area contributed by atoms with Crippen molar-refractivity contribution in [2.24, 2.45) is 0 Å². The van der Waals surface area contributed by atoms with Crippen molar-refractivity contribution in [3.05, 3.63) is 23.0 Å². The molecule has 0 bridgehead atoms. The zero-order valence-electron chi connectivity index (χ0n) is 8.94. The summed E-state index contributed by atoms with van der Waals surface area (Å²) in [5.74, 6) is -1.71. The van der Waals surface area contributed by atoms with Gasteiger partial charge >= 0.3 is 12.5 Å². The Bertz CT molecular complexity index is 459. The Morgan fingerprint density at radius 3 is 2.16 bits per heavy atom. The van der Waals surface area contributed by atoms with Crippen LogP contribution in [0, 0.1) is 0 Å². The van der Waals surface area contributed by atoms with E-state index in [0.29, 0.717) is 6.07 Å². The molecule has 0 aliphatic heterocycles. The number of pyridine rings is 1. The third kappa shape index (κ3) is 4.13. The van der Waals surface area contributed by atoms with Gasteiger partial charge in [-0.2, -0.15) is 13.2 Å². The molecular weight excluding hydrogens is 304 g/mol. The number of alkyl halides is 7. The monoisotopic (exact) mass is 309 g/mol. The van der Waals surface area contributed by atoms with Crippen molar-refractivity contribution < 1.29 is 36.2 Å². The van der Waals surface area contributed by atoms with Gasteiger partial charge in [0.25, 0.3) is 0 Å². The van der Waals surface area contributed by atoms with Gasteiger partial charge in [-0.15, -0.1) is 24.8 Å². The van der Waals surface area contributed by atoms with E-state index in [2.05, 4.69) is 9.72 Å². The van der Waals surface area contributed by atoms with Gasteiger partial charge in [0, 0.05) is 6.07 Å². The number of ether oxygens (including phenoxy) is 1. The topological polar surface area (TPSA) is 42.4 Å². The second kappa shape index (κ2) is 5.41. The van der Waals surface area contributed by atoms with Crippen LogP contribution in [0.15, 0.2) is 6.07 Å². The van der Waals surface area contributed by atoms with Gasteiger partial charge in [0.1, 0.15) is 5.75 Å². The molecule has 108 valence electrons. The predicted octanol–water partition coefficient (Wildman–Crippen LogP) is 3.23. The zero-order chi connectivity index (χ0) is 14.8. The third-order valence-corrected chi connectivity index (χ3v) is 2.20. The van der Waals surface area contributed by atoms with Gasteiger partial charge in [-0.1, -0.05) is 0 Å². The Kier molecular flexibility index (Phi) is 4.51. The summed E-state index contributed by atoms with van der Waals surface area (Å²) in [6, 6.07) is 0.598. The first kappa shape index (κ1) is 15.8. The van der Waals surface area contributed by atoms with Crippen molar-refractivity contribution in [2.45, 2.75) is 25.0 Å². The third-order valence-electron chi connectivity index (χ3n) is 1.93. The highest BCUT2D eigenvalue weighted by Gasteiger charge is 2.39. The number of hydrogen-bond donors (Lipinski definition) is 1. The maximum atomic E-state index is 12.6. The number of aliphatic hydroxyl groups is 1. The molecule has 3 nitrogen and oxygen atoms in total. The highest BCUT2D eigenvalue weighted by molar-refractivity contribution is 6.16. The maximum absolute atomic E-state index is 12.6. The van der Waals surface area contributed by atoms with Crippen LogP contribution in [0.1, 0.15) is 17.0 Å². The van der Waals surface area contributed by atoms with Crippen molar-refractivity contribution in [3.63, 3.8) is 0 Å². The Balaban J connectivity index is 3.44. The summed E-state index contributed by atoms with van der Waals surface area (Å²) >= 11 is 5.26. The number of aromatic nitrogens is 1. The first-order valence-corrected chi connectivity index (χ1v) is 5.14. The van der Waals surface area contributed by atoms with Gasteiger partial charge in [0.05, 0.1) is 23.7 Å². The minimum Gasteiger partial charge on any atom is -0.405 e. The molecule has 1 N–H and O–H groups in total. The molecular formula is C9H6ClF6NO2. The summed E-state index contributed by atoms with van der Waals surface area (Å²) in [4.78, 5) is 3.06. The summed E-state index contributed by atoms with van der Waals surface area (Å²) in [5, 5.41) is 8.80. The lowest BCUT2D eigenvalue weighted by Gasteiger charge is -2.17. The normalized spacial score (nSPS) is 12.6. The average molecular weight is 310 g/mol. The van der Waals surface area contributed by atoms with E-state index in [0.717, 1.165) is 0 Å². The molecule has 0 aromatic carbocycles. The molecule has 1 heterocycles. The molecule has 0 atom stereocenters. The maximum Gasteiger partial charge on any atom is 0.573 e. The summed E-state index contributed by atoms with van der Waals surface area (Å²) < 4.78 is 77.5. The Morgan fingerprint density at radius 1 is 1.21 bits per heavy atom. The van der Waals surface area contributed by atoms with Crippen LogP contribution in [-0.2, 0) is 18.7 Å². The fraction of sp³-hybridized carbons (Fsp3) is 0.444. The first-order valence-electron chi connectivity index (χ1n) is 4.61. The molecule has 0 radical (unpaired) electrons. The predicted molar refractivity (Wildman–Crippen MR) is 51.4 cm³/mol. The summed E-state index contributed by atoms with van der Waals surface area (Å²) in [7, 11) is 0. The van der Waals surface area contributed by atoms with Crippen LogP contribution >= 0.6 is 11.6 Å². The average Bonchev–Trinajstić information content (AvgIpc) is 2.24. The van der Waals surface area contributed by atoms with Crippen molar-refractivity contribution in [1.82, 2.24) is 4.98 Å². The van der Waals surface area contributed by atoms with E-state index < -0.39 is 47.7 Å². The van der Waals surface area contributed by atoms with Crippen LogP contribution in [0.5, 0.6) is 5.75 Å². The minimum atomic E-state index is -5.20. The van der Waals surface area contributed by atoms with Crippen LogP contribution in [0.4, 0.5) is 26.3 Å². The molecule has 0 saturated carbocycles. The van der Waals surface area contributed by atoms with Crippen LogP contribution in [0.3, 0.4) is 0 Å². The Hall–Kier alpha value is -1.22. The Labute approximate surface area is 107 Å². The molecule has 0 aliphatic carbocycles. The zero-order valence-corrected chi connectivity index (χ0v) is 9.70. The van der Waals surface area contributed by atoms with Crippen LogP contribution in [0.2, 0.25) is 0 Å². The van der Waals surface area contributed by atoms with Crippen molar-refractivity contribution >= 4 is 11.6 Å². The molecule has 0 amide bonds. The van der Waals surface area contributed by atoms with Crippen molar-refractivity contribution in [2.75, 3.05) is 0 Å². The van der Waals surface area contributed by atoms with Crippen LogP contribution < -0.4 is 4.74 Å². The number of rotatable bonds is 3. The molecule has 1 aromatic heterocycles. The number of halogens is 7. The molecule has 0 fully saturated rings. The summed E-state index contributed by atoms with van der Waals surface area (Å²) in [6.07, 6.45) is -10.2. The molecule has 10 heteroatoms. The van der Waals surface area contributed by atoms with Crippen LogP contribution in [0.25, 0.3) is 0 Å². The van der Waals surface area contributed by atoms with E-state index >= 15 is 0 Å². The molecule has 0 spiro atoms. The summed E-state index contributed by atoms with van der Waals surface area (Å²) in [6.45, 7) is -1.31. The first-order chi connectivity index (χ1) is 8.58. The quantitative estimate of drug-likeness (QED) is 0.688. The molecule has 0 unspecified atom stereocenters. The minimum absolute atomic E-state index is 0.453. The van der Waals surface area contributed by atoms with E-state index in [1.54, 1.807) is 0 Å². The standard InChI is InChI=1S/C9H6ClF6NO2/c10-2-4-1-6(19-9(14,15)16)5(3-18)7(17-4)8(11,12)13/h1,18H,2-3H2.